The maximum absolute atomic E-state index is 12.0. The number of carbonyl (C=O) groups is 1. The zero-order valence-corrected chi connectivity index (χ0v) is 10.1. The topological polar surface area (TPSA) is 38.3 Å². The highest BCUT2D eigenvalue weighted by atomic mass is 16.5. The zero-order valence-electron chi connectivity index (χ0n) is 10.1. The lowest BCUT2D eigenvalue weighted by molar-refractivity contribution is -0.131. The predicted octanol–water partition coefficient (Wildman–Crippen LogP) is 2.11. The van der Waals surface area contributed by atoms with Gasteiger partial charge >= 0.3 is 0 Å². The predicted molar refractivity (Wildman–Crippen MR) is 60.7 cm³/mol. The third-order valence-corrected chi connectivity index (χ3v) is 3.67. The average Bonchev–Trinajstić information content (AvgIpc) is 2.29. The summed E-state index contributed by atoms with van der Waals surface area (Å²) in [6.07, 6.45) is 3.71. The van der Waals surface area contributed by atoms with Gasteiger partial charge in [-0.3, -0.25) is 4.79 Å². The zero-order chi connectivity index (χ0) is 11.3. The molecule has 0 aromatic rings. The third kappa shape index (κ3) is 3.20. The molecule has 0 spiro atoms. The molecule has 1 saturated heterocycles. The number of amides is 1. The van der Waals surface area contributed by atoms with E-state index in [0.717, 1.165) is 38.9 Å². The van der Waals surface area contributed by atoms with E-state index in [1.807, 2.05) is 6.92 Å². The molecule has 0 radical (unpaired) electrons. The average molecular weight is 213 g/mol. The van der Waals surface area contributed by atoms with Crippen molar-refractivity contribution in [2.75, 3.05) is 13.2 Å². The standard InChI is InChI=1S/C12H23NO2/c1-4-12(3,5-2)11(14)13-10-6-8-15-9-7-10/h10H,4-9H2,1-3H3,(H,13,14). The van der Waals surface area contributed by atoms with Crippen molar-refractivity contribution < 1.29 is 9.53 Å². The Kier molecular flexibility index (Phi) is 4.58. The summed E-state index contributed by atoms with van der Waals surface area (Å²) in [6.45, 7) is 7.75. The first-order valence-electron chi connectivity index (χ1n) is 6.01. The van der Waals surface area contributed by atoms with Crippen LogP contribution in [-0.4, -0.2) is 25.2 Å². The number of nitrogens with one attached hydrogen (secondary N) is 1. The number of ether oxygens (including phenoxy) is 1. The normalized spacial score (nSPS) is 18.9. The summed E-state index contributed by atoms with van der Waals surface area (Å²) < 4.78 is 5.27. The minimum absolute atomic E-state index is 0.196. The summed E-state index contributed by atoms with van der Waals surface area (Å²) in [7, 11) is 0. The Balaban J connectivity index is 2.45. The Morgan fingerprint density at radius 2 is 1.87 bits per heavy atom. The van der Waals surface area contributed by atoms with Crippen LogP contribution in [0.15, 0.2) is 0 Å². The highest BCUT2D eigenvalue weighted by molar-refractivity contribution is 5.82. The van der Waals surface area contributed by atoms with Gasteiger partial charge in [0.15, 0.2) is 0 Å². The SMILES string of the molecule is CCC(C)(CC)C(=O)NC1CCOCC1. The van der Waals surface area contributed by atoms with Gasteiger partial charge in [0.1, 0.15) is 0 Å². The third-order valence-electron chi connectivity index (χ3n) is 3.67. The molecule has 15 heavy (non-hydrogen) atoms. The Bertz CT molecular complexity index is 206. The van der Waals surface area contributed by atoms with E-state index in [1.165, 1.54) is 0 Å². The molecule has 88 valence electrons. The fraction of sp³-hybridized carbons (Fsp3) is 0.917. The molecule has 0 aliphatic carbocycles. The van der Waals surface area contributed by atoms with E-state index in [1.54, 1.807) is 0 Å². The van der Waals surface area contributed by atoms with Crippen LogP contribution in [0.25, 0.3) is 0 Å². The molecular formula is C12H23NO2. The van der Waals surface area contributed by atoms with E-state index in [4.69, 9.17) is 4.74 Å². The Morgan fingerprint density at radius 1 is 1.33 bits per heavy atom. The van der Waals surface area contributed by atoms with Gasteiger partial charge in [0, 0.05) is 24.7 Å². The fourth-order valence-electron chi connectivity index (χ4n) is 1.77. The largest absolute Gasteiger partial charge is 0.381 e. The van der Waals surface area contributed by atoms with Crippen LogP contribution in [-0.2, 0) is 9.53 Å². The Hall–Kier alpha value is -0.570. The van der Waals surface area contributed by atoms with E-state index in [0.29, 0.717) is 6.04 Å². The first kappa shape index (κ1) is 12.5. The second-order valence-electron chi connectivity index (χ2n) is 4.63. The monoisotopic (exact) mass is 213 g/mol. The van der Waals surface area contributed by atoms with E-state index < -0.39 is 0 Å². The number of hydrogen-bond acceptors (Lipinski definition) is 2. The van der Waals surface area contributed by atoms with E-state index in [-0.39, 0.29) is 11.3 Å². The molecule has 1 heterocycles. The van der Waals surface area contributed by atoms with Crippen LogP contribution >= 0.6 is 0 Å². The maximum atomic E-state index is 12.0. The minimum atomic E-state index is -0.196. The van der Waals surface area contributed by atoms with E-state index in [2.05, 4.69) is 19.2 Å². The highest BCUT2D eigenvalue weighted by Crippen LogP contribution is 2.26. The van der Waals surface area contributed by atoms with Gasteiger partial charge < -0.3 is 10.1 Å². The molecule has 1 rings (SSSR count). The Labute approximate surface area is 92.6 Å². The molecule has 0 bridgehead atoms. The van der Waals surface area contributed by atoms with Gasteiger partial charge in [0.2, 0.25) is 5.91 Å². The fourth-order valence-corrected chi connectivity index (χ4v) is 1.77. The van der Waals surface area contributed by atoms with Crippen molar-refractivity contribution in [1.29, 1.82) is 0 Å². The molecule has 0 unspecified atom stereocenters. The summed E-state index contributed by atoms with van der Waals surface area (Å²) in [6, 6.07) is 0.323. The van der Waals surface area contributed by atoms with Crippen LogP contribution in [0, 0.1) is 5.41 Å². The van der Waals surface area contributed by atoms with Gasteiger partial charge in [0.25, 0.3) is 0 Å². The summed E-state index contributed by atoms with van der Waals surface area (Å²) >= 11 is 0. The first-order valence-corrected chi connectivity index (χ1v) is 6.01. The van der Waals surface area contributed by atoms with E-state index in [9.17, 15) is 4.79 Å². The van der Waals surface area contributed by atoms with Gasteiger partial charge in [0.05, 0.1) is 0 Å². The summed E-state index contributed by atoms with van der Waals surface area (Å²) in [5, 5.41) is 3.14. The number of hydrogen-bond donors (Lipinski definition) is 1. The van der Waals surface area contributed by atoms with Crippen LogP contribution in [0.4, 0.5) is 0 Å². The molecule has 3 nitrogen and oxygen atoms in total. The second kappa shape index (κ2) is 5.50. The number of carbonyl (C=O) groups excluding carboxylic acids is 1. The molecule has 1 fully saturated rings. The van der Waals surface area contributed by atoms with Crippen molar-refractivity contribution in [3.05, 3.63) is 0 Å². The lowest BCUT2D eigenvalue weighted by atomic mass is 9.83. The molecule has 3 heteroatoms. The van der Waals surface area contributed by atoms with Gasteiger partial charge in [-0.25, -0.2) is 0 Å². The quantitative estimate of drug-likeness (QED) is 0.776. The van der Waals surface area contributed by atoms with Gasteiger partial charge in [-0.05, 0) is 25.7 Å². The molecule has 0 saturated carbocycles. The van der Waals surface area contributed by atoms with Crippen molar-refractivity contribution in [3.8, 4) is 0 Å². The van der Waals surface area contributed by atoms with Crippen LogP contribution in [0.5, 0.6) is 0 Å². The first-order chi connectivity index (χ1) is 7.12. The van der Waals surface area contributed by atoms with Crippen molar-refractivity contribution in [2.24, 2.45) is 5.41 Å². The summed E-state index contributed by atoms with van der Waals surface area (Å²) in [5.41, 5.74) is -0.196. The molecular weight excluding hydrogens is 190 g/mol. The molecule has 1 aliphatic heterocycles. The van der Waals surface area contributed by atoms with Crippen molar-refractivity contribution in [3.63, 3.8) is 0 Å². The van der Waals surface area contributed by atoms with Crippen LogP contribution in [0.1, 0.15) is 46.5 Å². The van der Waals surface area contributed by atoms with Gasteiger partial charge in [-0.2, -0.15) is 0 Å². The molecule has 1 N–H and O–H groups in total. The lowest BCUT2D eigenvalue weighted by Crippen LogP contribution is -2.45. The highest BCUT2D eigenvalue weighted by Gasteiger charge is 2.30. The smallest absolute Gasteiger partial charge is 0.226 e. The minimum Gasteiger partial charge on any atom is -0.381 e. The summed E-state index contributed by atoms with van der Waals surface area (Å²) in [5.74, 6) is 0.208. The van der Waals surface area contributed by atoms with Crippen molar-refractivity contribution in [1.82, 2.24) is 5.32 Å². The van der Waals surface area contributed by atoms with Gasteiger partial charge in [-0.15, -0.1) is 0 Å². The van der Waals surface area contributed by atoms with E-state index >= 15 is 0 Å². The van der Waals surface area contributed by atoms with Gasteiger partial charge in [-0.1, -0.05) is 20.8 Å². The second-order valence-corrected chi connectivity index (χ2v) is 4.63. The molecule has 1 amide bonds. The summed E-state index contributed by atoms with van der Waals surface area (Å²) in [4.78, 5) is 12.0. The van der Waals surface area contributed by atoms with Crippen LogP contribution in [0.3, 0.4) is 0 Å². The van der Waals surface area contributed by atoms with Crippen LogP contribution < -0.4 is 5.32 Å². The lowest BCUT2D eigenvalue weighted by Gasteiger charge is -2.30. The molecule has 1 aliphatic rings. The van der Waals surface area contributed by atoms with Crippen molar-refractivity contribution >= 4 is 5.91 Å². The molecule has 0 atom stereocenters. The van der Waals surface area contributed by atoms with Crippen molar-refractivity contribution in [2.45, 2.75) is 52.5 Å². The maximum Gasteiger partial charge on any atom is 0.226 e. The molecule has 0 aromatic carbocycles. The Morgan fingerprint density at radius 3 is 2.33 bits per heavy atom. The van der Waals surface area contributed by atoms with Crippen LogP contribution in [0.2, 0.25) is 0 Å². The molecule has 0 aromatic heterocycles. The number of rotatable bonds is 4.